The molecule has 2 N–H and O–H groups in total. The van der Waals surface area contributed by atoms with Crippen molar-refractivity contribution in [2.45, 2.75) is 44.9 Å². The highest BCUT2D eigenvalue weighted by atomic mass is 32.1. The van der Waals surface area contributed by atoms with Crippen molar-refractivity contribution in [2.24, 2.45) is 5.92 Å². The fourth-order valence-electron chi connectivity index (χ4n) is 2.77. The Balaban J connectivity index is 1.95. The summed E-state index contributed by atoms with van der Waals surface area (Å²) in [5.74, 6) is -1.42. The van der Waals surface area contributed by atoms with Gasteiger partial charge in [-0.15, -0.1) is 11.3 Å². The number of aryl methyl sites for hydroxylation is 1. The number of aliphatic carboxylic acids is 1. The van der Waals surface area contributed by atoms with Crippen molar-refractivity contribution in [3.63, 3.8) is 0 Å². The predicted octanol–water partition coefficient (Wildman–Crippen LogP) is 2.79. The summed E-state index contributed by atoms with van der Waals surface area (Å²) in [6.07, 6.45) is 4.36. The number of carbonyl (C=O) groups excluding carboxylic acids is 1. The number of rotatable bonds is 6. The lowest BCUT2D eigenvalue weighted by Gasteiger charge is -2.22. The van der Waals surface area contributed by atoms with Crippen molar-refractivity contribution in [1.29, 1.82) is 0 Å². The zero-order valence-electron chi connectivity index (χ0n) is 11.7. The molecule has 0 aromatic carbocycles. The second-order valence-electron chi connectivity index (χ2n) is 5.31. The average Bonchev–Trinajstić information content (AvgIpc) is 2.90. The van der Waals surface area contributed by atoms with Gasteiger partial charge in [-0.25, -0.2) is 0 Å². The molecular formula is C15H21NO3S. The summed E-state index contributed by atoms with van der Waals surface area (Å²) in [5.41, 5.74) is 1.14. The number of thiophene rings is 1. The van der Waals surface area contributed by atoms with Gasteiger partial charge in [0.2, 0.25) is 5.91 Å². The van der Waals surface area contributed by atoms with E-state index in [1.54, 1.807) is 11.3 Å². The van der Waals surface area contributed by atoms with Gasteiger partial charge in [-0.1, -0.05) is 13.3 Å². The smallest absolute Gasteiger partial charge is 0.308 e. The topological polar surface area (TPSA) is 66.4 Å². The number of carboxylic acid groups (broad SMARTS) is 1. The Morgan fingerprint density at radius 3 is 3.05 bits per heavy atom. The number of amides is 1. The SMILES string of the molecule is CCCC(CNC(=O)C1CCCc2sccc21)C(=O)O. The van der Waals surface area contributed by atoms with E-state index in [0.29, 0.717) is 6.42 Å². The van der Waals surface area contributed by atoms with Crippen LogP contribution in [0.15, 0.2) is 11.4 Å². The summed E-state index contributed by atoms with van der Waals surface area (Å²) in [4.78, 5) is 24.7. The monoisotopic (exact) mass is 295 g/mol. The molecule has 0 spiro atoms. The standard InChI is InChI=1S/C15H21NO3S/c1-2-4-10(15(18)19)9-16-14(17)12-5-3-6-13-11(12)7-8-20-13/h7-8,10,12H,2-6,9H2,1H3,(H,16,17)(H,18,19). The fourth-order valence-corrected chi connectivity index (χ4v) is 3.75. The molecule has 2 unspecified atom stereocenters. The fraction of sp³-hybridized carbons (Fsp3) is 0.600. The van der Waals surface area contributed by atoms with E-state index in [2.05, 4.69) is 5.32 Å². The molecule has 0 saturated carbocycles. The van der Waals surface area contributed by atoms with Gasteiger partial charge in [0, 0.05) is 11.4 Å². The van der Waals surface area contributed by atoms with Gasteiger partial charge in [0.05, 0.1) is 11.8 Å². The lowest BCUT2D eigenvalue weighted by Crippen LogP contribution is -2.36. The van der Waals surface area contributed by atoms with Crippen molar-refractivity contribution in [3.05, 3.63) is 21.9 Å². The van der Waals surface area contributed by atoms with Gasteiger partial charge in [-0.2, -0.15) is 0 Å². The van der Waals surface area contributed by atoms with Gasteiger partial charge in [-0.3, -0.25) is 9.59 Å². The lowest BCUT2D eigenvalue weighted by molar-refractivity contribution is -0.142. The summed E-state index contributed by atoms with van der Waals surface area (Å²) in [5, 5.41) is 14.0. The summed E-state index contributed by atoms with van der Waals surface area (Å²) >= 11 is 1.71. The van der Waals surface area contributed by atoms with Crippen LogP contribution in [0.3, 0.4) is 0 Å². The van der Waals surface area contributed by atoms with Crippen LogP contribution in [0, 0.1) is 5.92 Å². The van der Waals surface area contributed by atoms with Gasteiger partial charge in [0.25, 0.3) is 0 Å². The molecule has 1 amide bonds. The molecule has 1 aromatic heterocycles. The van der Waals surface area contributed by atoms with Crippen LogP contribution in [0.1, 0.15) is 49.0 Å². The Hall–Kier alpha value is -1.36. The van der Waals surface area contributed by atoms with Crippen molar-refractivity contribution in [1.82, 2.24) is 5.32 Å². The first kappa shape index (κ1) is 15.0. The number of carboxylic acids is 1. The van der Waals surface area contributed by atoms with Crippen LogP contribution in [0.5, 0.6) is 0 Å². The van der Waals surface area contributed by atoms with Gasteiger partial charge in [0.1, 0.15) is 0 Å². The molecule has 2 atom stereocenters. The first-order valence-electron chi connectivity index (χ1n) is 7.20. The molecule has 1 aromatic rings. The molecule has 110 valence electrons. The highest BCUT2D eigenvalue weighted by Gasteiger charge is 2.28. The maximum absolute atomic E-state index is 12.3. The summed E-state index contributed by atoms with van der Waals surface area (Å²) in [6.45, 7) is 2.19. The van der Waals surface area contributed by atoms with Gasteiger partial charge < -0.3 is 10.4 Å². The first-order valence-corrected chi connectivity index (χ1v) is 8.08. The molecule has 0 radical (unpaired) electrons. The maximum atomic E-state index is 12.3. The quantitative estimate of drug-likeness (QED) is 0.848. The number of hydrogen-bond donors (Lipinski definition) is 2. The highest BCUT2D eigenvalue weighted by Crippen LogP contribution is 2.34. The van der Waals surface area contributed by atoms with E-state index >= 15 is 0 Å². The van der Waals surface area contributed by atoms with E-state index < -0.39 is 11.9 Å². The van der Waals surface area contributed by atoms with Crippen molar-refractivity contribution in [2.75, 3.05) is 6.54 Å². The second kappa shape index (κ2) is 6.88. The predicted molar refractivity (Wildman–Crippen MR) is 79.0 cm³/mol. The molecule has 0 aliphatic heterocycles. The van der Waals surface area contributed by atoms with Crippen LogP contribution in [0.4, 0.5) is 0 Å². The molecular weight excluding hydrogens is 274 g/mol. The highest BCUT2D eigenvalue weighted by molar-refractivity contribution is 7.10. The average molecular weight is 295 g/mol. The largest absolute Gasteiger partial charge is 0.481 e. The number of fused-ring (bicyclic) bond motifs is 1. The van der Waals surface area contributed by atoms with E-state index in [1.165, 1.54) is 4.88 Å². The number of carbonyl (C=O) groups is 2. The number of nitrogens with one attached hydrogen (secondary N) is 1. The third-order valence-corrected chi connectivity index (χ3v) is 4.87. The summed E-state index contributed by atoms with van der Waals surface area (Å²) in [6, 6.07) is 2.03. The van der Waals surface area contributed by atoms with Crippen LogP contribution in [0.2, 0.25) is 0 Å². The Morgan fingerprint density at radius 1 is 1.55 bits per heavy atom. The molecule has 0 saturated heterocycles. The molecule has 0 fully saturated rings. The van der Waals surface area contributed by atoms with Crippen LogP contribution < -0.4 is 5.32 Å². The maximum Gasteiger partial charge on any atom is 0.308 e. The Bertz CT molecular complexity index is 483. The minimum atomic E-state index is -0.827. The Labute approximate surface area is 123 Å². The summed E-state index contributed by atoms with van der Waals surface area (Å²) < 4.78 is 0. The van der Waals surface area contributed by atoms with Crippen molar-refractivity contribution >= 4 is 23.2 Å². The normalized spacial score (nSPS) is 19.1. The third kappa shape index (κ3) is 3.39. The van der Waals surface area contributed by atoms with Crippen LogP contribution in [-0.4, -0.2) is 23.5 Å². The Morgan fingerprint density at radius 2 is 2.35 bits per heavy atom. The zero-order chi connectivity index (χ0) is 14.5. The van der Waals surface area contributed by atoms with Crippen LogP contribution in [0.25, 0.3) is 0 Å². The molecule has 1 aliphatic carbocycles. The van der Waals surface area contributed by atoms with Gasteiger partial charge >= 0.3 is 5.97 Å². The van der Waals surface area contributed by atoms with Crippen LogP contribution in [-0.2, 0) is 16.0 Å². The minimum Gasteiger partial charge on any atom is -0.481 e. The minimum absolute atomic E-state index is 0.0216. The Kier molecular flexibility index (Phi) is 5.17. The van der Waals surface area contributed by atoms with Gasteiger partial charge in [0.15, 0.2) is 0 Å². The van der Waals surface area contributed by atoms with Crippen molar-refractivity contribution < 1.29 is 14.7 Å². The van der Waals surface area contributed by atoms with Crippen molar-refractivity contribution in [3.8, 4) is 0 Å². The van der Waals surface area contributed by atoms with Crippen LogP contribution >= 0.6 is 11.3 Å². The van der Waals surface area contributed by atoms with Gasteiger partial charge in [-0.05, 0) is 42.7 Å². The molecule has 1 aliphatic rings. The van der Waals surface area contributed by atoms with E-state index in [4.69, 9.17) is 5.11 Å². The zero-order valence-corrected chi connectivity index (χ0v) is 12.5. The van der Waals surface area contributed by atoms with E-state index in [-0.39, 0.29) is 18.4 Å². The second-order valence-corrected chi connectivity index (χ2v) is 6.31. The molecule has 20 heavy (non-hydrogen) atoms. The first-order chi connectivity index (χ1) is 9.63. The molecule has 0 bridgehead atoms. The third-order valence-electron chi connectivity index (χ3n) is 3.88. The molecule has 1 heterocycles. The number of hydrogen-bond acceptors (Lipinski definition) is 3. The van der Waals surface area contributed by atoms with E-state index in [0.717, 1.165) is 31.2 Å². The van der Waals surface area contributed by atoms with E-state index in [9.17, 15) is 9.59 Å². The molecule has 2 rings (SSSR count). The molecule has 4 nitrogen and oxygen atoms in total. The lowest BCUT2D eigenvalue weighted by atomic mass is 9.87. The van der Waals surface area contributed by atoms with E-state index in [1.807, 2.05) is 18.4 Å². The molecule has 5 heteroatoms. The summed E-state index contributed by atoms with van der Waals surface area (Å²) in [7, 11) is 0.